The molecule has 24 heavy (non-hydrogen) atoms. The summed E-state index contributed by atoms with van der Waals surface area (Å²) in [6.45, 7) is 0.188. The third-order valence-corrected chi connectivity index (χ3v) is 4.56. The van der Waals surface area contributed by atoms with Gasteiger partial charge in [0, 0.05) is 6.04 Å². The summed E-state index contributed by atoms with van der Waals surface area (Å²) < 4.78 is 0. The molecule has 4 nitrogen and oxygen atoms in total. The molecular formula is C20H24N2O2. The lowest BCUT2D eigenvalue weighted by Crippen LogP contribution is -2.43. The van der Waals surface area contributed by atoms with Crippen molar-refractivity contribution in [2.24, 2.45) is 0 Å². The Bertz CT molecular complexity index is 649. The molecule has 0 aromatic heterocycles. The highest BCUT2D eigenvalue weighted by Crippen LogP contribution is 2.20. The Morgan fingerprint density at radius 1 is 0.958 bits per heavy atom. The minimum absolute atomic E-state index is 0.188. The van der Waals surface area contributed by atoms with Crippen LogP contribution in [0.4, 0.5) is 4.79 Å². The molecule has 0 unspecified atom stereocenters. The van der Waals surface area contributed by atoms with Gasteiger partial charge in [-0.2, -0.15) is 0 Å². The van der Waals surface area contributed by atoms with Crippen molar-refractivity contribution in [2.45, 2.75) is 44.7 Å². The van der Waals surface area contributed by atoms with E-state index < -0.39 is 6.03 Å². The average molecular weight is 324 g/mol. The molecule has 126 valence electrons. The molecule has 2 N–H and O–H groups in total. The number of benzene rings is 2. The van der Waals surface area contributed by atoms with Gasteiger partial charge in [-0.15, -0.1) is 0 Å². The van der Waals surface area contributed by atoms with Crippen LogP contribution >= 0.6 is 0 Å². The Kier molecular flexibility index (Phi) is 5.49. The number of urea groups is 1. The number of hydrogen-bond donors (Lipinski definition) is 2. The number of nitrogens with one attached hydrogen (secondary N) is 1. The number of carbonyl (C=O) groups excluding carboxylic acids is 1. The van der Waals surface area contributed by atoms with E-state index in [1.807, 2.05) is 42.5 Å². The van der Waals surface area contributed by atoms with Crippen LogP contribution in [-0.4, -0.2) is 22.3 Å². The molecule has 1 aliphatic rings. The fourth-order valence-electron chi connectivity index (χ4n) is 3.17. The van der Waals surface area contributed by atoms with E-state index in [-0.39, 0.29) is 12.6 Å². The van der Waals surface area contributed by atoms with Gasteiger partial charge in [0.15, 0.2) is 0 Å². The summed E-state index contributed by atoms with van der Waals surface area (Å²) in [6.07, 6.45) is 5.55. The quantitative estimate of drug-likeness (QED) is 0.638. The third kappa shape index (κ3) is 4.36. The molecule has 0 saturated heterocycles. The van der Waals surface area contributed by atoms with Gasteiger partial charge in [-0.1, -0.05) is 73.9 Å². The predicted octanol–water partition coefficient (Wildman–Crippen LogP) is 4.59. The Morgan fingerprint density at radius 2 is 1.58 bits per heavy atom. The zero-order valence-electron chi connectivity index (χ0n) is 13.8. The smallest absolute Gasteiger partial charge is 0.333 e. The van der Waals surface area contributed by atoms with Gasteiger partial charge in [-0.3, -0.25) is 5.21 Å². The largest absolute Gasteiger partial charge is 0.341 e. The van der Waals surface area contributed by atoms with Crippen molar-refractivity contribution in [3.63, 3.8) is 0 Å². The highest BCUT2D eigenvalue weighted by atomic mass is 16.5. The first-order valence-electron chi connectivity index (χ1n) is 8.63. The first-order valence-corrected chi connectivity index (χ1v) is 8.63. The number of hydrogen-bond acceptors (Lipinski definition) is 2. The van der Waals surface area contributed by atoms with Gasteiger partial charge in [-0.25, -0.2) is 9.86 Å². The molecule has 4 heteroatoms. The van der Waals surface area contributed by atoms with Gasteiger partial charge in [0.2, 0.25) is 0 Å². The van der Waals surface area contributed by atoms with Crippen molar-refractivity contribution >= 4 is 6.03 Å². The second-order valence-corrected chi connectivity index (χ2v) is 6.41. The van der Waals surface area contributed by atoms with Crippen molar-refractivity contribution in [2.75, 3.05) is 0 Å². The summed E-state index contributed by atoms with van der Waals surface area (Å²) in [4.78, 5) is 12.1. The Morgan fingerprint density at radius 3 is 2.25 bits per heavy atom. The van der Waals surface area contributed by atoms with Crippen LogP contribution in [0.5, 0.6) is 0 Å². The zero-order chi connectivity index (χ0) is 16.8. The summed E-state index contributed by atoms with van der Waals surface area (Å²) in [5.41, 5.74) is 3.17. The van der Waals surface area contributed by atoms with E-state index in [0.29, 0.717) is 0 Å². The molecule has 0 heterocycles. The van der Waals surface area contributed by atoms with Gasteiger partial charge in [0.05, 0.1) is 6.54 Å². The van der Waals surface area contributed by atoms with Crippen LogP contribution < -0.4 is 5.32 Å². The molecule has 2 aromatic carbocycles. The fourth-order valence-corrected chi connectivity index (χ4v) is 3.17. The molecule has 0 radical (unpaired) electrons. The summed E-state index contributed by atoms with van der Waals surface area (Å²) >= 11 is 0. The Balaban J connectivity index is 1.56. The van der Waals surface area contributed by atoms with Crippen molar-refractivity contribution in [3.8, 4) is 11.1 Å². The molecule has 0 aliphatic heterocycles. The van der Waals surface area contributed by atoms with Crippen LogP contribution in [0.3, 0.4) is 0 Å². The lowest BCUT2D eigenvalue weighted by molar-refractivity contribution is -0.0521. The van der Waals surface area contributed by atoms with Crippen LogP contribution in [0.25, 0.3) is 11.1 Å². The maximum absolute atomic E-state index is 12.1. The van der Waals surface area contributed by atoms with Crippen LogP contribution in [0, 0.1) is 0 Å². The highest BCUT2D eigenvalue weighted by Gasteiger charge is 2.19. The molecular weight excluding hydrogens is 300 g/mol. The number of amides is 2. The summed E-state index contributed by atoms with van der Waals surface area (Å²) in [7, 11) is 0. The first kappa shape index (κ1) is 16.5. The second-order valence-electron chi connectivity index (χ2n) is 6.41. The molecule has 0 atom stereocenters. The van der Waals surface area contributed by atoms with Crippen molar-refractivity contribution in [1.82, 2.24) is 10.4 Å². The lowest BCUT2D eigenvalue weighted by atomic mass is 9.96. The molecule has 2 aromatic rings. The Hall–Kier alpha value is -2.33. The lowest BCUT2D eigenvalue weighted by Gasteiger charge is -2.25. The number of hydroxylamine groups is 2. The normalized spacial score (nSPS) is 15.0. The predicted molar refractivity (Wildman–Crippen MR) is 94.6 cm³/mol. The third-order valence-electron chi connectivity index (χ3n) is 4.56. The average Bonchev–Trinajstić information content (AvgIpc) is 2.64. The van der Waals surface area contributed by atoms with E-state index in [1.165, 1.54) is 6.42 Å². The number of carbonyl (C=O) groups is 1. The summed E-state index contributed by atoms with van der Waals surface area (Å²) in [5, 5.41) is 13.7. The van der Waals surface area contributed by atoms with E-state index >= 15 is 0 Å². The van der Waals surface area contributed by atoms with Crippen LogP contribution in [0.15, 0.2) is 54.6 Å². The number of nitrogens with zero attached hydrogens (tertiary/aromatic N) is 1. The van der Waals surface area contributed by atoms with Crippen LogP contribution in [0.1, 0.15) is 37.7 Å². The first-order chi connectivity index (χ1) is 11.7. The molecule has 0 spiro atoms. The van der Waals surface area contributed by atoms with Crippen LogP contribution in [0.2, 0.25) is 0 Å². The van der Waals surface area contributed by atoms with E-state index in [9.17, 15) is 10.0 Å². The van der Waals surface area contributed by atoms with E-state index in [2.05, 4.69) is 17.4 Å². The zero-order valence-corrected chi connectivity index (χ0v) is 13.8. The molecule has 1 fully saturated rings. The van der Waals surface area contributed by atoms with Crippen molar-refractivity contribution in [1.29, 1.82) is 0 Å². The van der Waals surface area contributed by atoms with Gasteiger partial charge in [0.25, 0.3) is 0 Å². The van der Waals surface area contributed by atoms with Gasteiger partial charge >= 0.3 is 6.03 Å². The van der Waals surface area contributed by atoms with Crippen molar-refractivity contribution < 1.29 is 10.0 Å². The van der Waals surface area contributed by atoms with E-state index in [0.717, 1.165) is 47.4 Å². The second kappa shape index (κ2) is 7.97. The van der Waals surface area contributed by atoms with Gasteiger partial charge in [0.1, 0.15) is 0 Å². The maximum Gasteiger partial charge on any atom is 0.341 e. The molecule has 0 bridgehead atoms. The van der Waals surface area contributed by atoms with E-state index in [1.54, 1.807) is 0 Å². The maximum atomic E-state index is 12.1. The number of rotatable bonds is 4. The van der Waals surface area contributed by atoms with Gasteiger partial charge < -0.3 is 5.32 Å². The van der Waals surface area contributed by atoms with Crippen LogP contribution in [-0.2, 0) is 6.54 Å². The van der Waals surface area contributed by atoms with Gasteiger partial charge in [-0.05, 0) is 29.5 Å². The minimum Gasteiger partial charge on any atom is -0.333 e. The Labute approximate surface area is 143 Å². The molecule has 2 amide bonds. The fraction of sp³-hybridized carbons (Fsp3) is 0.350. The topological polar surface area (TPSA) is 52.6 Å². The molecule has 1 aliphatic carbocycles. The SMILES string of the molecule is O=C(NC1CCCCC1)N(O)Cc1ccc(-c2ccccc2)cc1. The standard InChI is InChI=1S/C20H24N2O2/c23-20(21-19-9-5-2-6-10-19)22(24)15-16-11-13-18(14-12-16)17-7-3-1-4-8-17/h1,3-4,7-8,11-14,19,24H,2,5-6,9-10,15H2,(H,21,23). The van der Waals surface area contributed by atoms with E-state index in [4.69, 9.17) is 0 Å². The molecule has 1 saturated carbocycles. The summed E-state index contributed by atoms with van der Waals surface area (Å²) in [6, 6.07) is 17.8. The molecule has 3 rings (SSSR count). The van der Waals surface area contributed by atoms with Crippen molar-refractivity contribution in [3.05, 3.63) is 60.2 Å². The monoisotopic (exact) mass is 324 g/mol. The summed E-state index contributed by atoms with van der Waals surface area (Å²) in [5.74, 6) is 0. The highest BCUT2D eigenvalue weighted by molar-refractivity contribution is 5.73. The minimum atomic E-state index is -0.408.